The molecule has 2 aromatic carbocycles. The molecule has 0 heterocycles. The van der Waals surface area contributed by atoms with Gasteiger partial charge in [-0.2, -0.15) is 4.72 Å². The maximum absolute atomic E-state index is 11.6. The Hall–Kier alpha value is -1.74. The number of hydrogen-bond acceptors (Lipinski definition) is 2. The Morgan fingerprint density at radius 2 is 1.53 bits per heavy atom. The smallest absolute Gasteiger partial charge is 0.266 e. The number of rotatable bonds is 4. The lowest BCUT2D eigenvalue weighted by Crippen LogP contribution is -2.08. The standard InChI is InChI=1S/C14H12NOS/c16-14(13-9-5-2-6-10-13)15-17-11-12-7-3-1-4-8-12/h1-10H,11H2. The number of carbonyl (C=O) groups is 1. The SMILES string of the molecule is O=C([N]SCc1ccccc1)c1ccccc1. The van der Waals surface area contributed by atoms with Gasteiger partial charge in [0.1, 0.15) is 0 Å². The maximum Gasteiger partial charge on any atom is 0.283 e. The minimum atomic E-state index is -0.175. The monoisotopic (exact) mass is 242 g/mol. The van der Waals surface area contributed by atoms with Crippen LogP contribution in [0.2, 0.25) is 0 Å². The van der Waals surface area contributed by atoms with Gasteiger partial charge >= 0.3 is 0 Å². The van der Waals surface area contributed by atoms with Gasteiger partial charge in [0.25, 0.3) is 5.91 Å². The van der Waals surface area contributed by atoms with Crippen molar-refractivity contribution in [3.8, 4) is 0 Å². The Morgan fingerprint density at radius 1 is 0.941 bits per heavy atom. The Kier molecular flexibility index (Phi) is 4.22. The van der Waals surface area contributed by atoms with Gasteiger partial charge in [-0.15, -0.1) is 0 Å². The first-order valence-corrected chi connectivity index (χ1v) is 6.27. The van der Waals surface area contributed by atoms with Gasteiger partial charge in [0.05, 0.1) is 0 Å². The molecule has 1 radical (unpaired) electrons. The Bertz CT molecular complexity index is 470. The highest BCUT2D eigenvalue weighted by molar-refractivity contribution is 7.97. The molecular weight excluding hydrogens is 230 g/mol. The van der Waals surface area contributed by atoms with E-state index in [1.165, 1.54) is 17.5 Å². The fourth-order valence-electron chi connectivity index (χ4n) is 1.37. The molecule has 0 aliphatic rings. The molecule has 0 aliphatic heterocycles. The Balaban J connectivity index is 1.82. The minimum Gasteiger partial charge on any atom is -0.266 e. The van der Waals surface area contributed by atoms with Crippen molar-refractivity contribution in [1.29, 1.82) is 0 Å². The van der Waals surface area contributed by atoms with Crippen molar-refractivity contribution in [3.63, 3.8) is 0 Å². The molecule has 0 spiro atoms. The maximum atomic E-state index is 11.6. The van der Waals surface area contributed by atoms with E-state index in [4.69, 9.17) is 0 Å². The molecule has 0 saturated carbocycles. The van der Waals surface area contributed by atoms with E-state index in [-0.39, 0.29) is 5.91 Å². The summed E-state index contributed by atoms with van der Waals surface area (Å²) in [5.41, 5.74) is 1.80. The van der Waals surface area contributed by atoms with Gasteiger partial charge < -0.3 is 0 Å². The van der Waals surface area contributed by atoms with Crippen molar-refractivity contribution < 1.29 is 4.79 Å². The van der Waals surface area contributed by atoms with Crippen molar-refractivity contribution in [2.45, 2.75) is 5.75 Å². The molecule has 17 heavy (non-hydrogen) atoms. The van der Waals surface area contributed by atoms with E-state index in [9.17, 15) is 4.79 Å². The van der Waals surface area contributed by atoms with E-state index in [0.717, 1.165) is 5.75 Å². The summed E-state index contributed by atoms with van der Waals surface area (Å²) in [5, 5.41) is 0. The molecule has 0 atom stereocenters. The van der Waals surface area contributed by atoms with Crippen LogP contribution in [-0.2, 0) is 5.75 Å². The second-order valence-corrected chi connectivity index (χ2v) is 4.25. The third-order valence-electron chi connectivity index (χ3n) is 2.24. The van der Waals surface area contributed by atoms with Gasteiger partial charge in [-0.1, -0.05) is 48.5 Å². The molecule has 3 heteroatoms. The highest BCUT2D eigenvalue weighted by Crippen LogP contribution is 2.11. The molecule has 0 saturated heterocycles. The molecular formula is C14H12NOS. The summed E-state index contributed by atoms with van der Waals surface area (Å²) < 4.78 is 3.97. The van der Waals surface area contributed by atoms with E-state index in [2.05, 4.69) is 4.72 Å². The van der Waals surface area contributed by atoms with Gasteiger partial charge in [0.2, 0.25) is 0 Å². The topological polar surface area (TPSA) is 31.2 Å². The first kappa shape index (κ1) is 11.7. The average molecular weight is 242 g/mol. The van der Waals surface area contributed by atoms with E-state index in [1.54, 1.807) is 12.1 Å². The summed E-state index contributed by atoms with van der Waals surface area (Å²) in [5.74, 6) is 0.547. The molecule has 2 aromatic rings. The Morgan fingerprint density at radius 3 is 2.18 bits per heavy atom. The van der Waals surface area contributed by atoms with E-state index < -0.39 is 0 Å². The van der Waals surface area contributed by atoms with Gasteiger partial charge in [-0.25, -0.2) is 0 Å². The van der Waals surface area contributed by atoms with Gasteiger partial charge in [-0.05, 0) is 29.6 Å². The summed E-state index contributed by atoms with van der Waals surface area (Å²) in [6, 6.07) is 19.1. The fourth-order valence-corrected chi connectivity index (χ4v) is 2.00. The normalized spacial score (nSPS) is 9.88. The van der Waals surface area contributed by atoms with Crippen molar-refractivity contribution in [3.05, 3.63) is 71.8 Å². The molecule has 0 N–H and O–H groups in total. The van der Waals surface area contributed by atoms with Crippen LogP contribution in [0.4, 0.5) is 0 Å². The van der Waals surface area contributed by atoms with E-state index in [1.807, 2.05) is 48.5 Å². The average Bonchev–Trinajstić information content (AvgIpc) is 2.41. The molecule has 0 aliphatic carbocycles. The largest absolute Gasteiger partial charge is 0.283 e. The summed E-state index contributed by atoms with van der Waals surface area (Å²) >= 11 is 1.28. The van der Waals surface area contributed by atoms with E-state index >= 15 is 0 Å². The highest BCUT2D eigenvalue weighted by atomic mass is 32.2. The third kappa shape index (κ3) is 3.64. The molecule has 2 rings (SSSR count). The lowest BCUT2D eigenvalue weighted by atomic mass is 10.2. The zero-order valence-corrected chi connectivity index (χ0v) is 10.1. The van der Waals surface area contributed by atoms with Crippen LogP contribution >= 0.6 is 11.9 Å². The quantitative estimate of drug-likeness (QED) is 0.770. The van der Waals surface area contributed by atoms with Crippen LogP contribution in [-0.4, -0.2) is 5.91 Å². The van der Waals surface area contributed by atoms with Gasteiger partial charge in [0, 0.05) is 11.3 Å². The lowest BCUT2D eigenvalue weighted by Gasteiger charge is -2.01. The first-order chi connectivity index (χ1) is 8.36. The van der Waals surface area contributed by atoms with Crippen molar-refractivity contribution >= 4 is 17.9 Å². The fraction of sp³-hybridized carbons (Fsp3) is 0.0714. The number of carbonyl (C=O) groups excluding carboxylic acids is 1. The van der Waals surface area contributed by atoms with Crippen molar-refractivity contribution in [1.82, 2.24) is 4.72 Å². The summed E-state index contributed by atoms with van der Waals surface area (Å²) in [4.78, 5) is 11.6. The number of hydrogen-bond donors (Lipinski definition) is 0. The van der Waals surface area contributed by atoms with Crippen LogP contribution in [0.3, 0.4) is 0 Å². The molecule has 0 aromatic heterocycles. The zero-order chi connectivity index (χ0) is 11.9. The highest BCUT2D eigenvalue weighted by Gasteiger charge is 2.05. The van der Waals surface area contributed by atoms with Crippen LogP contribution in [0.15, 0.2) is 60.7 Å². The number of amides is 1. The zero-order valence-electron chi connectivity index (χ0n) is 9.24. The summed E-state index contributed by atoms with van der Waals surface area (Å²) in [6.07, 6.45) is 0. The predicted molar refractivity (Wildman–Crippen MR) is 70.6 cm³/mol. The number of nitrogens with zero attached hydrogens (tertiary/aromatic N) is 1. The van der Waals surface area contributed by atoms with Crippen molar-refractivity contribution in [2.24, 2.45) is 0 Å². The molecule has 0 bridgehead atoms. The molecule has 1 amide bonds. The van der Waals surface area contributed by atoms with Crippen LogP contribution in [0.1, 0.15) is 15.9 Å². The van der Waals surface area contributed by atoms with Crippen LogP contribution in [0.25, 0.3) is 0 Å². The molecule has 85 valence electrons. The van der Waals surface area contributed by atoms with E-state index in [0.29, 0.717) is 5.56 Å². The Labute approximate surface area is 105 Å². The van der Waals surface area contributed by atoms with Gasteiger partial charge in [-0.3, -0.25) is 4.79 Å². The predicted octanol–water partition coefficient (Wildman–Crippen LogP) is 3.28. The summed E-state index contributed by atoms with van der Waals surface area (Å²) in [6.45, 7) is 0. The third-order valence-corrected chi connectivity index (χ3v) is 3.00. The molecule has 2 nitrogen and oxygen atoms in total. The number of benzene rings is 2. The second kappa shape index (κ2) is 6.11. The van der Waals surface area contributed by atoms with Crippen LogP contribution in [0.5, 0.6) is 0 Å². The summed E-state index contributed by atoms with van der Waals surface area (Å²) in [7, 11) is 0. The molecule has 0 fully saturated rings. The second-order valence-electron chi connectivity index (χ2n) is 3.52. The lowest BCUT2D eigenvalue weighted by molar-refractivity contribution is 0.0981. The molecule has 0 unspecified atom stereocenters. The van der Waals surface area contributed by atoms with Crippen LogP contribution in [0, 0.1) is 0 Å². The first-order valence-electron chi connectivity index (χ1n) is 5.32. The minimum absolute atomic E-state index is 0.175. The van der Waals surface area contributed by atoms with Crippen LogP contribution < -0.4 is 4.72 Å². The van der Waals surface area contributed by atoms with Crippen molar-refractivity contribution in [2.75, 3.05) is 0 Å². The van der Waals surface area contributed by atoms with Gasteiger partial charge in [0.15, 0.2) is 0 Å².